The highest BCUT2D eigenvalue weighted by Crippen LogP contribution is 2.25. The average Bonchev–Trinajstić information content (AvgIpc) is 2.81. The first-order valence-electron chi connectivity index (χ1n) is 5.82. The first-order valence-corrected chi connectivity index (χ1v) is 6.57. The minimum Gasteiger partial charge on any atom is -0.324 e. The predicted molar refractivity (Wildman–Crippen MR) is 75.0 cm³/mol. The third-order valence-electron chi connectivity index (χ3n) is 2.86. The van der Waals surface area contributed by atoms with Crippen LogP contribution in [-0.4, -0.2) is 9.78 Å². The Morgan fingerprint density at radius 2 is 2.17 bits per heavy atom. The van der Waals surface area contributed by atoms with Gasteiger partial charge in [-0.15, -0.1) is 0 Å². The zero-order chi connectivity index (χ0) is 13.1. The summed E-state index contributed by atoms with van der Waals surface area (Å²) in [6.07, 6.45) is 4.44. The van der Waals surface area contributed by atoms with Gasteiger partial charge in [0.1, 0.15) is 0 Å². The Balaban J connectivity index is 2.13. The van der Waals surface area contributed by atoms with E-state index in [9.17, 15) is 0 Å². The Labute approximate surface area is 117 Å². The molecule has 5 heteroatoms. The van der Waals surface area contributed by atoms with E-state index >= 15 is 0 Å². The van der Waals surface area contributed by atoms with Gasteiger partial charge in [-0.2, -0.15) is 5.10 Å². The number of nitrogens with zero attached hydrogens (tertiary/aromatic N) is 2. The molecule has 1 heterocycles. The van der Waals surface area contributed by atoms with E-state index in [1.807, 2.05) is 29.9 Å². The fourth-order valence-electron chi connectivity index (χ4n) is 1.79. The maximum atomic E-state index is 6.16. The van der Waals surface area contributed by atoms with Crippen LogP contribution in [-0.2, 0) is 13.0 Å². The number of rotatable bonds is 4. The highest BCUT2D eigenvalue weighted by atomic mass is 35.5. The molecule has 1 unspecified atom stereocenters. The molecule has 2 aromatic rings. The van der Waals surface area contributed by atoms with Crippen LogP contribution in [0.15, 0.2) is 30.6 Å². The van der Waals surface area contributed by atoms with E-state index < -0.39 is 0 Å². The van der Waals surface area contributed by atoms with Gasteiger partial charge in [-0.1, -0.05) is 29.3 Å². The fraction of sp³-hybridized carbons (Fsp3) is 0.308. The molecule has 96 valence electrons. The van der Waals surface area contributed by atoms with E-state index in [-0.39, 0.29) is 6.04 Å². The molecule has 0 spiro atoms. The van der Waals surface area contributed by atoms with Crippen molar-refractivity contribution >= 4 is 23.2 Å². The molecule has 2 N–H and O–H groups in total. The van der Waals surface area contributed by atoms with E-state index in [2.05, 4.69) is 5.10 Å². The summed E-state index contributed by atoms with van der Waals surface area (Å²) in [7, 11) is 0. The second-order valence-corrected chi connectivity index (χ2v) is 5.02. The van der Waals surface area contributed by atoms with Gasteiger partial charge in [-0.3, -0.25) is 4.68 Å². The average molecular weight is 284 g/mol. The Morgan fingerprint density at radius 3 is 2.78 bits per heavy atom. The van der Waals surface area contributed by atoms with Crippen molar-refractivity contribution in [1.82, 2.24) is 9.78 Å². The quantitative estimate of drug-likeness (QED) is 0.934. The molecule has 0 aliphatic rings. The SMILES string of the molecule is CCn1cc(C(N)Cc2ccc(Cl)cc2Cl)cn1. The zero-order valence-corrected chi connectivity index (χ0v) is 11.6. The summed E-state index contributed by atoms with van der Waals surface area (Å²) in [5, 5.41) is 5.51. The van der Waals surface area contributed by atoms with Crippen molar-refractivity contribution in [3.63, 3.8) is 0 Å². The molecule has 0 fully saturated rings. The van der Waals surface area contributed by atoms with Gasteiger partial charge in [0, 0.05) is 34.4 Å². The first-order chi connectivity index (χ1) is 8.60. The Hall–Kier alpha value is -1.03. The molecule has 18 heavy (non-hydrogen) atoms. The van der Waals surface area contributed by atoms with Crippen LogP contribution < -0.4 is 5.73 Å². The number of hydrogen-bond donors (Lipinski definition) is 1. The topological polar surface area (TPSA) is 43.8 Å². The number of nitrogens with two attached hydrogens (primary N) is 1. The van der Waals surface area contributed by atoms with Crippen LogP contribution in [0, 0.1) is 0 Å². The number of aromatic nitrogens is 2. The smallest absolute Gasteiger partial charge is 0.0537 e. The molecule has 0 bridgehead atoms. The van der Waals surface area contributed by atoms with Crippen LogP contribution >= 0.6 is 23.2 Å². The van der Waals surface area contributed by atoms with E-state index in [1.54, 1.807) is 12.3 Å². The Morgan fingerprint density at radius 1 is 1.39 bits per heavy atom. The monoisotopic (exact) mass is 283 g/mol. The second kappa shape index (κ2) is 5.74. The third-order valence-corrected chi connectivity index (χ3v) is 3.45. The first kappa shape index (κ1) is 13.4. The highest BCUT2D eigenvalue weighted by molar-refractivity contribution is 6.35. The molecule has 2 rings (SSSR count). The van der Waals surface area contributed by atoms with Crippen LogP contribution in [0.5, 0.6) is 0 Å². The summed E-state index contributed by atoms with van der Waals surface area (Å²) in [6.45, 7) is 2.88. The van der Waals surface area contributed by atoms with Gasteiger partial charge >= 0.3 is 0 Å². The maximum absolute atomic E-state index is 6.16. The third kappa shape index (κ3) is 3.05. The van der Waals surface area contributed by atoms with Gasteiger partial charge in [-0.25, -0.2) is 0 Å². The van der Waals surface area contributed by atoms with Gasteiger partial charge in [-0.05, 0) is 31.0 Å². The van der Waals surface area contributed by atoms with Crippen molar-refractivity contribution in [3.8, 4) is 0 Å². The standard InChI is InChI=1S/C13H15Cl2N3/c1-2-18-8-10(7-17-18)13(16)5-9-3-4-11(14)6-12(9)15/h3-4,6-8,13H,2,5,16H2,1H3. The van der Waals surface area contributed by atoms with E-state index in [0.717, 1.165) is 17.7 Å². The normalized spacial score (nSPS) is 12.7. The van der Waals surface area contributed by atoms with E-state index in [0.29, 0.717) is 16.5 Å². The van der Waals surface area contributed by atoms with E-state index in [4.69, 9.17) is 28.9 Å². The number of hydrogen-bond acceptors (Lipinski definition) is 2. The minimum absolute atomic E-state index is 0.107. The lowest BCUT2D eigenvalue weighted by atomic mass is 10.0. The molecule has 3 nitrogen and oxygen atoms in total. The van der Waals surface area contributed by atoms with Gasteiger partial charge in [0.05, 0.1) is 6.20 Å². The van der Waals surface area contributed by atoms with Crippen molar-refractivity contribution in [1.29, 1.82) is 0 Å². The molecule has 0 amide bonds. The minimum atomic E-state index is -0.107. The van der Waals surface area contributed by atoms with Crippen molar-refractivity contribution in [3.05, 3.63) is 51.8 Å². The summed E-state index contributed by atoms with van der Waals surface area (Å²) in [4.78, 5) is 0. The molecule has 0 radical (unpaired) electrons. The molecule has 0 aliphatic heterocycles. The summed E-state index contributed by atoms with van der Waals surface area (Å²) in [6, 6.07) is 5.37. The lowest BCUT2D eigenvalue weighted by Crippen LogP contribution is -2.13. The fourth-order valence-corrected chi connectivity index (χ4v) is 2.27. The molecule has 0 saturated heterocycles. The van der Waals surface area contributed by atoms with Crippen molar-refractivity contribution in [2.75, 3.05) is 0 Å². The summed E-state index contributed by atoms with van der Waals surface area (Å²) < 4.78 is 1.86. The van der Waals surface area contributed by atoms with Crippen LogP contribution in [0.3, 0.4) is 0 Å². The van der Waals surface area contributed by atoms with E-state index in [1.165, 1.54) is 0 Å². The zero-order valence-electron chi connectivity index (χ0n) is 10.1. The molecule has 1 aromatic heterocycles. The molecule has 0 saturated carbocycles. The van der Waals surface area contributed by atoms with Crippen molar-refractivity contribution < 1.29 is 0 Å². The van der Waals surface area contributed by atoms with Gasteiger partial charge in [0.2, 0.25) is 0 Å². The van der Waals surface area contributed by atoms with Crippen LogP contribution in [0.2, 0.25) is 10.0 Å². The second-order valence-electron chi connectivity index (χ2n) is 4.18. The molecular weight excluding hydrogens is 269 g/mol. The lowest BCUT2D eigenvalue weighted by Gasteiger charge is -2.11. The largest absolute Gasteiger partial charge is 0.324 e. The summed E-state index contributed by atoms with van der Waals surface area (Å²) in [5.41, 5.74) is 8.17. The Bertz CT molecular complexity index is 537. The predicted octanol–water partition coefficient (Wildman–Crippen LogP) is 3.45. The van der Waals surface area contributed by atoms with Crippen LogP contribution in [0.25, 0.3) is 0 Å². The van der Waals surface area contributed by atoms with Gasteiger partial charge in [0.25, 0.3) is 0 Å². The molecule has 1 atom stereocenters. The molecular formula is C13H15Cl2N3. The van der Waals surface area contributed by atoms with Gasteiger partial charge < -0.3 is 5.73 Å². The molecule has 0 aliphatic carbocycles. The van der Waals surface area contributed by atoms with Crippen molar-refractivity contribution in [2.45, 2.75) is 25.9 Å². The van der Waals surface area contributed by atoms with Crippen LogP contribution in [0.1, 0.15) is 24.1 Å². The Kier molecular flexibility index (Phi) is 4.27. The van der Waals surface area contributed by atoms with Crippen LogP contribution in [0.4, 0.5) is 0 Å². The molecule has 1 aromatic carbocycles. The highest BCUT2D eigenvalue weighted by Gasteiger charge is 2.11. The van der Waals surface area contributed by atoms with Gasteiger partial charge in [0.15, 0.2) is 0 Å². The number of halogens is 2. The summed E-state index contributed by atoms with van der Waals surface area (Å²) >= 11 is 12.0. The van der Waals surface area contributed by atoms with Crippen molar-refractivity contribution in [2.24, 2.45) is 5.73 Å². The maximum Gasteiger partial charge on any atom is 0.0537 e. The summed E-state index contributed by atoms with van der Waals surface area (Å²) in [5.74, 6) is 0. The number of benzene rings is 1. The lowest BCUT2D eigenvalue weighted by molar-refractivity contribution is 0.655. The number of aryl methyl sites for hydroxylation is 1.